The molecule has 1 atom stereocenters. The van der Waals surface area contributed by atoms with Crippen LogP contribution in [0.15, 0.2) is 11.4 Å². The first-order chi connectivity index (χ1) is 13.9. The van der Waals surface area contributed by atoms with Gasteiger partial charge in [-0.1, -0.05) is 19.3 Å². The lowest BCUT2D eigenvalue weighted by molar-refractivity contribution is 0.137. The first-order valence-corrected chi connectivity index (χ1v) is 12.6. The molecule has 2 fully saturated rings. The van der Waals surface area contributed by atoms with Crippen molar-refractivity contribution in [2.45, 2.75) is 80.9 Å². The summed E-state index contributed by atoms with van der Waals surface area (Å²) in [5, 5.41) is -0.00812. The fourth-order valence-electron chi connectivity index (χ4n) is 4.77. The fraction of sp³-hybridized carbons (Fsp3) is 0.857. The van der Waals surface area contributed by atoms with Gasteiger partial charge in [0.2, 0.25) is 15.0 Å². The molecule has 0 radical (unpaired) electrons. The Kier molecular flexibility index (Phi) is 8.13. The number of hydrogen-bond donors (Lipinski definition) is 0. The molecule has 0 N–H and O–H groups in total. The van der Waals surface area contributed by atoms with E-state index in [9.17, 15) is 8.42 Å². The number of aromatic nitrogens is 2. The van der Waals surface area contributed by atoms with E-state index in [2.05, 4.69) is 28.9 Å². The minimum absolute atomic E-state index is 0.263. The Morgan fingerprint density at radius 3 is 2.62 bits per heavy atom. The Morgan fingerprint density at radius 2 is 1.93 bits per heavy atom. The second-order valence-corrected chi connectivity index (χ2v) is 10.9. The molecular formula is C21H38N4O3S. The van der Waals surface area contributed by atoms with Crippen LogP contribution in [0.2, 0.25) is 0 Å². The zero-order valence-corrected chi connectivity index (χ0v) is 19.2. The molecule has 1 aromatic heterocycles. The molecule has 1 saturated heterocycles. The lowest BCUT2D eigenvalue weighted by atomic mass is 10.0. The molecule has 166 valence electrons. The van der Waals surface area contributed by atoms with Crippen molar-refractivity contribution in [1.82, 2.24) is 19.4 Å². The third-order valence-electron chi connectivity index (χ3n) is 6.50. The number of rotatable bonds is 10. The molecule has 0 amide bonds. The maximum Gasteiger partial charge on any atom is 0.228 e. The second-order valence-electron chi connectivity index (χ2n) is 8.81. The topological polar surface area (TPSA) is 67.7 Å². The number of piperidine rings is 1. The van der Waals surface area contributed by atoms with Crippen LogP contribution in [0.3, 0.4) is 0 Å². The summed E-state index contributed by atoms with van der Waals surface area (Å²) < 4.78 is 33.6. The minimum Gasteiger partial charge on any atom is -0.385 e. The molecule has 0 bridgehead atoms. The van der Waals surface area contributed by atoms with Gasteiger partial charge in [0.25, 0.3) is 0 Å². The molecule has 1 aliphatic heterocycles. The lowest BCUT2D eigenvalue weighted by Crippen LogP contribution is -2.43. The largest absolute Gasteiger partial charge is 0.385 e. The summed E-state index contributed by atoms with van der Waals surface area (Å²) >= 11 is 0. The van der Waals surface area contributed by atoms with Crippen molar-refractivity contribution < 1.29 is 13.2 Å². The number of sulfone groups is 1. The van der Waals surface area contributed by atoms with Crippen LogP contribution in [0.5, 0.6) is 0 Å². The van der Waals surface area contributed by atoms with Crippen molar-refractivity contribution >= 4 is 9.84 Å². The van der Waals surface area contributed by atoms with Crippen LogP contribution < -0.4 is 0 Å². The average molecular weight is 427 g/mol. The molecule has 0 aromatic carbocycles. The van der Waals surface area contributed by atoms with Gasteiger partial charge in [0.05, 0.1) is 17.1 Å². The van der Waals surface area contributed by atoms with Crippen molar-refractivity contribution in [3.8, 4) is 0 Å². The summed E-state index contributed by atoms with van der Waals surface area (Å²) in [5.41, 5.74) is 0.985. The van der Waals surface area contributed by atoms with Gasteiger partial charge in [-0.25, -0.2) is 13.4 Å². The van der Waals surface area contributed by atoms with E-state index in [-0.39, 0.29) is 10.4 Å². The standard InChI is InChI=1S/C21H38N4O3S/c1-23(16-18-9-6-7-12-24(18)2)17-19-15-22-21(25(19)13-8-14-28-3)29(26,27)20-10-4-5-11-20/h15,18,20H,4-14,16-17H2,1-3H3. The van der Waals surface area contributed by atoms with Crippen molar-refractivity contribution in [3.63, 3.8) is 0 Å². The summed E-state index contributed by atoms with van der Waals surface area (Å²) in [4.78, 5) is 9.18. The maximum atomic E-state index is 13.2. The molecule has 1 aliphatic carbocycles. The van der Waals surface area contributed by atoms with E-state index in [4.69, 9.17) is 4.74 Å². The monoisotopic (exact) mass is 426 g/mol. The van der Waals surface area contributed by atoms with E-state index < -0.39 is 9.84 Å². The van der Waals surface area contributed by atoms with Gasteiger partial charge >= 0.3 is 0 Å². The predicted molar refractivity (Wildman–Crippen MR) is 115 cm³/mol. The first-order valence-electron chi connectivity index (χ1n) is 11.1. The predicted octanol–water partition coefficient (Wildman–Crippen LogP) is 2.55. The van der Waals surface area contributed by atoms with Crippen molar-refractivity contribution in [2.75, 3.05) is 40.9 Å². The average Bonchev–Trinajstić information content (AvgIpc) is 3.35. The van der Waals surface area contributed by atoms with Gasteiger partial charge in [-0.2, -0.15) is 0 Å². The summed E-state index contributed by atoms with van der Waals surface area (Å²) in [5.74, 6) is 0. The van der Waals surface area contributed by atoms with Crippen molar-refractivity contribution in [2.24, 2.45) is 0 Å². The number of likely N-dealkylation sites (N-methyl/N-ethyl adjacent to an activating group) is 2. The summed E-state index contributed by atoms with van der Waals surface area (Å²) in [6.07, 6.45) is 9.88. The van der Waals surface area contributed by atoms with Gasteiger partial charge in [-0.3, -0.25) is 4.90 Å². The van der Waals surface area contributed by atoms with Crippen LogP contribution >= 0.6 is 0 Å². The molecule has 29 heavy (non-hydrogen) atoms. The van der Waals surface area contributed by atoms with E-state index in [0.29, 0.717) is 25.7 Å². The highest BCUT2D eigenvalue weighted by atomic mass is 32.2. The summed E-state index contributed by atoms with van der Waals surface area (Å²) in [6.45, 7) is 4.11. The molecule has 2 heterocycles. The maximum absolute atomic E-state index is 13.2. The smallest absolute Gasteiger partial charge is 0.228 e. The lowest BCUT2D eigenvalue weighted by Gasteiger charge is -2.35. The number of hydrogen-bond acceptors (Lipinski definition) is 6. The van der Waals surface area contributed by atoms with Crippen LogP contribution in [-0.2, 0) is 27.7 Å². The van der Waals surface area contributed by atoms with Gasteiger partial charge < -0.3 is 14.2 Å². The summed E-state index contributed by atoms with van der Waals surface area (Å²) in [6, 6.07) is 0.570. The van der Waals surface area contributed by atoms with Gasteiger partial charge in [-0.15, -0.1) is 0 Å². The number of nitrogens with zero attached hydrogens (tertiary/aromatic N) is 4. The zero-order chi connectivity index (χ0) is 20.9. The SMILES string of the molecule is COCCCn1c(CN(C)CC2CCCCN2C)cnc1S(=O)(=O)C1CCCC1. The van der Waals surface area contributed by atoms with Crippen LogP contribution in [0.1, 0.15) is 57.1 Å². The van der Waals surface area contributed by atoms with E-state index in [0.717, 1.165) is 50.9 Å². The Bertz CT molecular complexity index is 743. The van der Waals surface area contributed by atoms with Crippen LogP contribution in [-0.4, -0.2) is 80.0 Å². The fourth-order valence-corrected chi connectivity index (χ4v) is 6.74. The minimum atomic E-state index is -3.37. The Morgan fingerprint density at radius 1 is 1.21 bits per heavy atom. The highest BCUT2D eigenvalue weighted by molar-refractivity contribution is 7.91. The Balaban J connectivity index is 1.75. The number of likely N-dealkylation sites (tertiary alicyclic amines) is 1. The molecule has 1 unspecified atom stereocenters. The van der Waals surface area contributed by atoms with Crippen molar-refractivity contribution in [3.05, 3.63) is 11.9 Å². The normalized spacial score (nSPS) is 22.0. The molecule has 8 heteroatoms. The highest BCUT2D eigenvalue weighted by Gasteiger charge is 2.34. The van der Waals surface area contributed by atoms with E-state index >= 15 is 0 Å². The van der Waals surface area contributed by atoms with Gasteiger partial charge in [0, 0.05) is 39.4 Å². The Labute approximate surface area is 176 Å². The molecular weight excluding hydrogens is 388 g/mol. The van der Waals surface area contributed by atoms with Crippen molar-refractivity contribution in [1.29, 1.82) is 0 Å². The molecule has 3 rings (SSSR count). The van der Waals surface area contributed by atoms with E-state index in [1.54, 1.807) is 13.3 Å². The number of ether oxygens (including phenoxy) is 1. The molecule has 1 aromatic rings. The Hall–Kier alpha value is -0.960. The van der Waals surface area contributed by atoms with Gasteiger partial charge in [0.15, 0.2) is 0 Å². The van der Waals surface area contributed by atoms with Crippen LogP contribution in [0.4, 0.5) is 0 Å². The molecule has 2 aliphatic rings. The second kappa shape index (κ2) is 10.4. The van der Waals surface area contributed by atoms with Crippen LogP contribution in [0, 0.1) is 0 Å². The zero-order valence-electron chi connectivity index (χ0n) is 18.3. The van der Waals surface area contributed by atoms with Gasteiger partial charge in [-0.05, 0) is 52.7 Å². The van der Waals surface area contributed by atoms with E-state index in [1.807, 2.05) is 4.57 Å². The molecule has 1 saturated carbocycles. The third kappa shape index (κ3) is 5.60. The summed E-state index contributed by atoms with van der Waals surface area (Å²) in [7, 11) is 2.64. The molecule has 7 nitrogen and oxygen atoms in total. The highest BCUT2D eigenvalue weighted by Crippen LogP contribution is 2.30. The van der Waals surface area contributed by atoms with Gasteiger partial charge in [0.1, 0.15) is 0 Å². The number of imidazole rings is 1. The first kappa shape index (κ1) is 22.7. The van der Waals surface area contributed by atoms with Crippen LogP contribution in [0.25, 0.3) is 0 Å². The third-order valence-corrected chi connectivity index (χ3v) is 8.69. The molecule has 0 spiro atoms. The number of methoxy groups -OCH3 is 1. The quantitative estimate of drug-likeness (QED) is 0.536. The van der Waals surface area contributed by atoms with E-state index in [1.165, 1.54) is 19.3 Å².